The summed E-state index contributed by atoms with van der Waals surface area (Å²) in [5.74, 6) is -1.77. The lowest BCUT2D eigenvalue weighted by Gasteiger charge is -2.06. The van der Waals surface area contributed by atoms with E-state index in [1.54, 1.807) is 27.1 Å². The Bertz CT molecular complexity index is 827. The number of rotatable bonds is 5. The summed E-state index contributed by atoms with van der Waals surface area (Å²) in [6.45, 7) is 3.43. The summed E-state index contributed by atoms with van der Waals surface area (Å²) in [5.41, 5.74) is 6.07. The summed E-state index contributed by atoms with van der Waals surface area (Å²) < 4.78 is 7.17. The summed E-state index contributed by atoms with van der Waals surface area (Å²) in [7, 11) is 1.70. The van der Waals surface area contributed by atoms with Crippen LogP contribution in [-0.2, 0) is 11.8 Å². The van der Waals surface area contributed by atoms with Gasteiger partial charge in [-0.25, -0.2) is 4.79 Å². The standard InChI is InChI=1S/C14H15IN4O4S/c1-4-23-14(22)8-6(2)10(11(16)20)24-13(8)17-12(21)9-7(15)5-19(3)18-9/h5H,4H2,1-3H3,(H2,16,20)(H,17,21). The maximum absolute atomic E-state index is 12.4. The van der Waals surface area contributed by atoms with Crippen molar-refractivity contribution in [3.05, 3.63) is 31.5 Å². The van der Waals surface area contributed by atoms with E-state index in [1.807, 2.05) is 22.6 Å². The minimum absolute atomic E-state index is 0.134. The van der Waals surface area contributed by atoms with Gasteiger partial charge in [-0.2, -0.15) is 5.10 Å². The first-order valence-corrected chi connectivity index (χ1v) is 8.76. The van der Waals surface area contributed by atoms with Crippen LogP contribution < -0.4 is 11.1 Å². The fourth-order valence-electron chi connectivity index (χ4n) is 2.06. The van der Waals surface area contributed by atoms with Crippen molar-refractivity contribution < 1.29 is 19.1 Å². The first-order chi connectivity index (χ1) is 11.3. The predicted molar refractivity (Wildman–Crippen MR) is 97.4 cm³/mol. The van der Waals surface area contributed by atoms with Gasteiger partial charge in [0.15, 0.2) is 5.69 Å². The maximum atomic E-state index is 12.4. The highest BCUT2D eigenvalue weighted by Crippen LogP contribution is 2.34. The average molecular weight is 462 g/mol. The van der Waals surface area contributed by atoms with E-state index in [1.165, 1.54) is 4.68 Å². The number of aryl methyl sites for hydroxylation is 1. The van der Waals surface area contributed by atoms with E-state index in [4.69, 9.17) is 10.5 Å². The third-order valence-electron chi connectivity index (χ3n) is 3.08. The minimum atomic E-state index is -0.670. The number of aromatic nitrogens is 2. The molecule has 0 saturated heterocycles. The molecule has 2 rings (SSSR count). The third-order valence-corrected chi connectivity index (χ3v) is 5.09. The molecule has 24 heavy (non-hydrogen) atoms. The van der Waals surface area contributed by atoms with Crippen LogP contribution in [0.4, 0.5) is 5.00 Å². The number of esters is 1. The Kier molecular flexibility index (Phi) is 5.59. The van der Waals surface area contributed by atoms with Gasteiger partial charge in [0, 0.05) is 13.2 Å². The van der Waals surface area contributed by atoms with E-state index in [2.05, 4.69) is 10.4 Å². The zero-order valence-electron chi connectivity index (χ0n) is 13.2. The highest BCUT2D eigenvalue weighted by Gasteiger charge is 2.26. The van der Waals surface area contributed by atoms with Gasteiger partial charge in [0.1, 0.15) is 5.00 Å². The number of anilines is 1. The zero-order chi connectivity index (χ0) is 18.0. The largest absolute Gasteiger partial charge is 0.462 e. The number of hydrogen-bond acceptors (Lipinski definition) is 6. The average Bonchev–Trinajstić information content (AvgIpc) is 2.98. The van der Waals surface area contributed by atoms with E-state index >= 15 is 0 Å². The number of ether oxygens (including phenoxy) is 1. The van der Waals surface area contributed by atoms with Gasteiger partial charge in [-0.15, -0.1) is 11.3 Å². The Balaban J connectivity index is 2.43. The number of halogens is 1. The lowest BCUT2D eigenvalue weighted by Crippen LogP contribution is -2.16. The van der Waals surface area contributed by atoms with Gasteiger partial charge in [0.05, 0.1) is 20.6 Å². The number of nitrogens with zero attached hydrogens (tertiary/aromatic N) is 2. The van der Waals surface area contributed by atoms with Crippen LogP contribution in [0.2, 0.25) is 0 Å². The SMILES string of the molecule is CCOC(=O)c1c(NC(=O)c2nn(C)cc2I)sc(C(N)=O)c1C. The van der Waals surface area contributed by atoms with Crippen LogP contribution in [0.3, 0.4) is 0 Å². The van der Waals surface area contributed by atoms with Crippen molar-refractivity contribution in [2.75, 3.05) is 11.9 Å². The van der Waals surface area contributed by atoms with Crippen LogP contribution in [0.5, 0.6) is 0 Å². The first-order valence-electron chi connectivity index (χ1n) is 6.87. The molecule has 0 aromatic carbocycles. The molecule has 0 aliphatic heterocycles. The molecule has 2 amide bonds. The number of primary amides is 1. The molecule has 0 fully saturated rings. The molecule has 3 N–H and O–H groups in total. The summed E-state index contributed by atoms with van der Waals surface area (Å²) in [5, 5.41) is 6.92. The number of amides is 2. The van der Waals surface area contributed by atoms with Crippen molar-refractivity contribution in [1.82, 2.24) is 9.78 Å². The Labute approximate surface area is 155 Å². The second-order valence-electron chi connectivity index (χ2n) is 4.80. The van der Waals surface area contributed by atoms with Gasteiger partial charge in [-0.05, 0) is 42.0 Å². The van der Waals surface area contributed by atoms with Crippen molar-refractivity contribution in [3.63, 3.8) is 0 Å². The number of nitrogens with one attached hydrogen (secondary N) is 1. The molecule has 2 aromatic rings. The fraction of sp³-hybridized carbons (Fsp3) is 0.286. The normalized spacial score (nSPS) is 10.5. The molecular formula is C14H15IN4O4S. The Morgan fingerprint density at radius 1 is 1.46 bits per heavy atom. The lowest BCUT2D eigenvalue weighted by atomic mass is 10.1. The molecule has 0 radical (unpaired) electrons. The fourth-order valence-corrected chi connectivity index (χ4v) is 3.86. The highest BCUT2D eigenvalue weighted by molar-refractivity contribution is 14.1. The zero-order valence-corrected chi connectivity index (χ0v) is 16.1. The predicted octanol–water partition coefficient (Wildman–Crippen LogP) is 1.92. The van der Waals surface area contributed by atoms with Crippen molar-refractivity contribution in [2.24, 2.45) is 12.8 Å². The quantitative estimate of drug-likeness (QED) is 0.521. The molecule has 10 heteroatoms. The Morgan fingerprint density at radius 2 is 2.12 bits per heavy atom. The van der Waals surface area contributed by atoms with E-state index in [0.29, 0.717) is 9.13 Å². The molecule has 0 spiro atoms. The summed E-state index contributed by atoms with van der Waals surface area (Å²) in [6, 6.07) is 0. The molecule has 0 atom stereocenters. The molecule has 128 valence electrons. The molecule has 0 aliphatic carbocycles. The summed E-state index contributed by atoms with van der Waals surface area (Å²) in [4.78, 5) is 36.3. The van der Waals surface area contributed by atoms with Crippen LogP contribution in [0, 0.1) is 10.5 Å². The van der Waals surface area contributed by atoms with E-state index in [0.717, 1.165) is 11.3 Å². The number of nitrogens with two attached hydrogens (primary N) is 1. The number of carbonyl (C=O) groups is 3. The third kappa shape index (κ3) is 3.59. The smallest absolute Gasteiger partial charge is 0.341 e. The van der Waals surface area contributed by atoms with Crippen molar-refractivity contribution in [1.29, 1.82) is 0 Å². The topological polar surface area (TPSA) is 116 Å². The second-order valence-corrected chi connectivity index (χ2v) is 6.98. The van der Waals surface area contributed by atoms with Gasteiger partial charge < -0.3 is 15.8 Å². The summed E-state index contributed by atoms with van der Waals surface area (Å²) in [6.07, 6.45) is 1.69. The molecule has 8 nitrogen and oxygen atoms in total. The van der Waals surface area contributed by atoms with Gasteiger partial charge in [0.2, 0.25) is 0 Å². The Morgan fingerprint density at radius 3 is 2.62 bits per heavy atom. The van der Waals surface area contributed by atoms with E-state index < -0.39 is 17.8 Å². The van der Waals surface area contributed by atoms with Crippen molar-refractivity contribution in [3.8, 4) is 0 Å². The highest BCUT2D eigenvalue weighted by atomic mass is 127. The van der Waals surface area contributed by atoms with Crippen LogP contribution in [0.1, 0.15) is 43.0 Å². The molecule has 2 heterocycles. The molecule has 2 aromatic heterocycles. The minimum Gasteiger partial charge on any atom is -0.462 e. The van der Waals surface area contributed by atoms with Crippen LogP contribution in [0.25, 0.3) is 0 Å². The van der Waals surface area contributed by atoms with Crippen LogP contribution in [-0.4, -0.2) is 34.2 Å². The van der Waals surface area contributed by atoms with Gasteiger partial charge in [-0.1, -0.05) is 0 Å². The van der Waals surface area contributed by atoms with Crippen LogP contribution >= 0.6 is 33.9 Å². The molecule has 0 bridgehead atoms. The first kappa shape index (κ1) is 18.4. The summed E-state index contributed by atoms with van der Waals surface area (Å²) >= 11 is 2.93. The van der Waals surface area contributed by atoms with Gasteiger partial charge in [-0.3, -0.25) is 14.3 Å². The molecule has 0 saturated carbocycles. The van der Waals surface area contributed by atoms with E-state index in [9.17, 15) is 14.4 Å². The number of thiophene rings is 1. The molecular weight excluding hydrogens is 447 g/mol. The number of hydrogen-bond donors (Lipinski definition) is 2. The second kappa shape index (κ2) is 7.30. The molecule has 0 aliphatic rings. The van der Waals surface area contributed by atoms with Crippen molar-refractivity contribution in [2.45, 2.75) is 13.8 Å². The van der Waals surface area contributed by atoms with Crippen LogP contribution in [0.15, 0.2) is 6.20 Å². The van der Waals surface area contributed by atoms with Gasteiger partial charge >= 0.3 is 5.97 Å². The monoisotopic (exact) mass is 462 g/mol. The number of carbonyl (C=O) groups excluding carboxylic acids is 3. The maximum Gasteiger partial charge on any atom is 0.341 e. The Hall–Kier alpha value is -1.95. The lowest BCUT2D eigenvalue weighted by molar-refractivity contribution is 0.0527. The van der Waals surface area contributed by atoms with E-state index in [-0.39, 0.29) is 27.7 Å². The van der Waals surface area contributed by atoms with Crippen molar-refractivity contribution >= 4 is 56.7 Å². The molecule has 0 unspecified atom stereocenters. The van der Waals surface area contributed by atoms with Gasteiger partial charge in [0.25, 0.3) is 11.8 Å².